The molecular formula is C27H31N3O3. The van der Waals surface area contributed by atoms with Gasteiger partial charge in [-0.05, 0) is 56.2 Å². The van der Waals surface area contributed by atoms with Gasteiger partial charge in [0.05, 0.1) is 11.1 Å². The molecule has 1 saturated heterocycles. The second-order valence-corrected chi connectivity index (χ2v) is 9.11. The van der Waals surface area contributed by atoms with E-state index in [9.17, 15) is 9.59 Å². The Morgan fingerprint density at radius 2 is 1.76 bits per heavy atom. The highest BCUT2D eigenvalue weighted by molar-refractivity contribution is 5.83. The zero-order chi connectivity index (χ0) is 23.4. The third-order valence-corrected chi connectivity index (χ3v) is 6.83. The SMILES string of the molecule is Cc1noc(C)c1CCC(=O)N1CCCC(Cc2ccc(-c3ccccc3)cc2)(C(N)=O)C1. The lowest BCUT2D eigenvalue weighted by Gasteiger charge is -2.41. The quantitative estimate of drug-likeness (QED) is 0.589. The molecule has 2 N–H and O–H groups in total. The van der Waals surface area contributed by atoms with Crippen LogP contribution in [0.3, 0.4) is 0 Å². The number of piperidine rings is 1. The Bertz CT molecular complexity index is 1100. The highest BCUT2D eigenvalue weighted by Gasteiger charge is 2.42. The molecule has 6 heteroatoms. The maximum atomic E-state index is 13.0. The summed E-state index contributed by atoms with van der Waals surface area (Å²) < 4.78 is 5.20. The Morgan fingerprint density at radius 3 is 2.39 bits per heavy atom. The molecule has 0 aliphatic carbocycles. The van der Waals surface area contributed by atoms with Crippen molar-refractivity contribution in [3.05, 3.63) is 77.2 Å². The largest absolute Gasteiger partial charge is 0.369 e. The molecule has 2 amide bonds. The smallest absolute Gasteiger partial charge is 0.225 e. The first kappa shape index (κ1) is 22.8. The number of benzene rings is 2. The van der Waals surface area contributed by atoms with Crippen molar-refractivity contribution in [3.63, 3.8) is 0 Å². The van der Waals surface area contributed by atoms with Gasteiger partial charge in [0.2, 0.25) is 11.8 Å². The lowest BCUT2D eigenvalue weighted by atomic mass is 9.74. The van der Waals surface area contributed by atoms with E-state index in [0.29, 0.717) is 38.8 Å². The highest BCUT2D eigenvalue weighted by Crippen LogP contribution is 2.34. The molecule has 1 atom stereocenters. The average Bonchev–Trinajstić information content (AvgIpc) is 3.15. The molecule has 2 heterocycles. The van der Waals surface area contributed by atoms with Gasteiger partial charge in [-0.1, -0.05) is 59.8 Å². The van der Waals surface area contributed by atoms with E-state index in [2.05, 4.69) is 41.6 Å². The number of likely N-dealkylation sites (tertiary alicyclic amines) is 1. The summed E-state index contributed by atoms with van der Waals surface area (Å²) in [6, 6.07) is 18.5. The van der Waals surface area contributed by atoms with Crippen LogP contribution < -0.4 is 5.73 Å². The number of nitrogens with zero attached hydrogens (tertiary/aromatic N) is 2. The van der Waals surface area contributed by atoms with E-state index >= 15 is 0 Å². The van der Waals surface area contributed by atoms with Gasteiger partial charge >= 0.3 is 0 Å². The molecule has 0 spiro atoms. The number of hydrogen-bond acceptors (Lipinski definition) is 4. The molecule has 172 valence electrons. The van der Waals surface area contributed by atoms with Gasteiger partial charge in [0, 0.05) is 25.1 Å². The Hall–Kier alpha value is -3.41. The van der Waals surface area contributed by atoms with E-state index in [1.54, 1.807) is 0 Å². The molecule has 2 aromatic carbocycles. The van der Waals surface area contributed by atoms with Crippen molar-refractivity contribution >= 4 is 11.8 Å². The fourth-order valence-corrected chi connectivity index (χ4v) is 4.86. The highest BCUT2D eigenvalue weighted by atomic mass is 16.5. The van der Waals surface area contributed by atoms with Gasteiger partial charge in [-0.3, -0.25) is 9.59 Å². The second kappa shape index (κ2) is 9.61. The van der Waals surface area contributed by atoms with Crippen molar-refractivity contribution in [1.82, 2.24) is 10.1 Å². The first-order valence-corrected chi connectivity index (χ1v) is 11.5. The normalized spacial score (nSPS) is 18.3. The molecule has 0 bridgehead atoms. The van der Waals surface area contributed by atoms with Crippen molar-refractivity contribution in [2.24, 2.45) is 11.1 Å². The minimum Gasteiger partial charge on any atom is -0.369 e. The number of aromatic nitrogens is 1. The van der Waals surface area contributed by atoms with Gasteiger partial charge in [0.1, 0.15) is 5.76 Å². The van der Waals surface area contributed by atoms with Crippen LogP contribution in [0.1, 0.15) is 41.8 Å². The standard InChI is InChI=1S/C27H31N3O3/c1-19-24(20(2)33-29-19)13-14-25(31)30-16-6-15-27(18-30,26(28)32)17-21-9-11-23(12-10-21)22-7-4-3-5-8-22/h3-5,7-12H,6,13-18H2,1-2H3,(H2,28,32). The first-order valence-electron chi connectivity index (χ1n) is 11.5. The number of carbonyl (C=O) groups excluding carboxylic acids is 2. The molecule has 33 heavy (non-hydrogen) atoms. The van der Waals surface area contributed by atoms with Crippen LogP contribution in [0, 0.1) is 19.3 Å². The van der Waals surface area contributed by atoms with E-state index in [0.717, 1.165) is 40.1 Å². The molecule has 1 unspecified atom stereocenters. The van der Waals surface area contributed by atoms with Crippen molar-refractivity contribution in [2.45, 2.75) is 46.0 Å². The van der Waals surface area contributed by atoms with Gasteiger partial charge < -0.3 is 15.2 Å². The topological polar surface area (TPSA) is 89.4 Å². The third-order valence-electron chi connectivity index (χ3n) is 6.83. The van der Waals surface area contributed by atoms with Crippen molar-refractivity contribution < 1.29 is 14.1 Å². The molecule has 1 aliphatic rings. The summed E-state index contributed by atoms with van der Waals surface area (Å²) in [5.41, 5.74) is 10.3. The summed E-state index contributed by atoms with van der Waals surface area (Å²) in [6.45, 7) is 4.77. The third kappa shape index (κ3) is 5.00. The van der Waals surface area contributed by atoms with E-state index in [-0.39, 0.29) is 11.8 Å². The Labute approximate surface area is 194 Å². The Morgan fingerprint density at radius 1 is 1.06 bits per heavy atom. The van der Waals surface area contributed by atoms with Crippen LogP contribution in [-0.2, 0) is 22.4 Å². The summed E-state index contributed by atoms with van der Waals surface area (Å²) in [6.07, 6.45) is 2.94. The fourth-order valence-electron chi connectivity index (χ4n) is 4.86. The van der Waals surface area contributed by atoms with Crippen LogP contribution in [-0.4, -0.2) is 35.0 Å². The van der Waals surface area contributed by atoms with Crippen LogP contribution >= 0.6 is 0 Å². The van der Waals surface area contributed by atoms with Crippen LogP contribution in [0.5, 0.6) is 0 Å². The van der Waals surface area contributed by atoms with Gasteiger partial charge in [0.25, 0.3) is 0 Å². The number of hydrogen-bond donors (Lipinski definition) is 1. The summed E-state index contributed by atoms with van der Waals surface area (Å²) in [5, 5.41) is 3.96. The second-order valence-electron chi connectivity index (χ2n) is 9.11. The number of carbonyl (C=O) groups is 2. The van der Waals surface area contributed by atoms with Crippen LogP contribution in [0.4, 0.5) is 0 Å². The predicted molar refractivity (Wildman–Crippen MR) is 127 cm³/mol. The number of amides is 2. The average molecular weight is 446 g/mol. The van der Waals surface area contributed by atoms with Gasteiger partial charge in [0.15, 0.2) is 0 Å². The molecular weight excluding hydrogens is 414 g/mol. The molecule has 3 aromatic rings. The molecule has 4 rings (SSSR count). The van der Waals surface area contributed by atoms with Gasteiger partial charge in [-0.25, -0.2) is 0 Å². The summed E-state index contributed by atoms with van der Waals surface area (Å²) >= 11 is 0. The minimum absolute atomic E-state index is 0.0414. The number of nitrogens with two attached hydrogens (primary N) is 1. The summed E-state index contributed by atoms with van der Waals surface area (Å²) in [5.74, 6) is 0.460. The van der Waals surface area contributed by atoms with Gasteiger partial charge in [-0.15, -0.1) is 0 Å². The minimum atomic E-state index is -0.745. The zero-order valence-corrected chi connectivity index (χ0v) is 19.3. The van der Waals surface area contributed by atoms with Crippen molar-refractivity contribution in [2.75, 3.05) is 13.1 Å². The Kier molecular flexibility index (Phi) is 6.63. The number of aryl methyl sites for hydroxylation is 2. The molecule has 1 fully saturated rings. The fraction of sp³-hybridized carbons (Fsp3) is 0.370. The lowest BCUT2D eigenvalue weighted by Crippen LogP contribution is -2.53. The molecule has 1 aromatic heterocycles. The van der Waals surface area contributed by atoms with E-state index in [1.165, 1.54) is 0 Å². The molecule has 1 aliphatic heterocycles. The molecule has 0 radical (unpaired) electrons. The van der Waals surface area contributed by atoms with Crippen LogP contribution in [0.25, 0.3) is 11.1 Å². The number of rotatable bonds is 7. The van der Waals surface area contributed by atoms with Crippen LogP contribution in [0.2, 0.25) is 0 Å². The Balaban J connectivity index is 1.45. The van der Waals surface area contributed by atoms with E-state index in [4.69, 9.17) is 10.3 Å². The maximum absolute atomic E-state index is 13.0. The zero-order valence-electron chi connectivity index (χ0n) is 19.3. The first-order chi connectivity index (χ1) is 15.9. The van der Waals surface area contributed by atoms with Crippen molar-refractivity contribution in [3.8, 4) is 11.1 Å². The monoisotopic (exact) mass is 445 g/mol. The number of primary amides is 1. The van der Waals surface area contributed by atoms with Crippen LogP contribution in [0.15, 0.2) is 59.1 Å². The van der Waals surface area contributed by atoms with Crippen molar-refractivity contribution in [1.29, 1.82) is 0 Å². The maximum Gasteiger partial charge on any atom is 0.225 e. The van der Waals surface area contributed by atoms with E-state index < -0.39 is 5.41 Å². The predicted octanol–water partition coefficient (Wildman–Crippen LogP) is 4.23. The van der Waals surface area contributed by atoms with E-state index in [1.807, 2.05) is 36.9 Å². The van der Waals surface area contributed by atoms with Gasteiger partial charge in [-0.2, -0.15) is 0 Å². The molecule has 6 nitrogen and oxygen atoms in total. The summed E-state index contributed by atoms with van der Waals surface area (Å²) in [4.78, 5) is 27.4. The summed E-state index contributed by atoms with van der Waals surface area (Å²) in [7, 11) is 0. The molecule has 0 saturated carbocycles. The lowest BCUT2D eigenvalue weighted by molar-refractivity contribution is -0.139.